The number of carbonyl (C=O) groups is 2. The third kappa shape index (κ3) is 5.43. The fraction of sp³-hybridized carbons (Fsp3) is 0.417. The van der Waals surface area contributed by atoms with Crippen molar-refractivity contribution in [1.82, 2.24) is 15.5 Å². The van der Waals surface area contributed by atoms with Gasteiger partial charge in [0, 0.05) is 24.8 Å². The lowest BCUT2D eigenvalue weighted by molar-refractivity contribution is 0.179. The van der Waals surface area contributed by atoms with Crippen molar-refractivity contribution in [2.75, 3.05) is 32.6 Å². The van der Waals surface area contributed by atoms with Gasteiger partial charge >= 0.3 is 12.1 Å². The van der Waals surface area contributed by atoms with E-state index < -0.39 is 0 Å². The van der Waals surface area contributed by atoms with Crippen LogP contribution < -0.4 is 25.4 Å². The number of anilines is 1. The number of methoxy groups -OCH3 is 2. The van der Waals surface area contributed by atoms with E-state index in [1.165, 1.54) is 0 Å². The summed E-state index contributed by atoms with van der Waals surface area (Å²) in [6.45, 7) is 6.55. The van der Waals surface area contributed by atoms with Crippen LogP contribution in [0.3, 0.4) is 0 Å². The van der Waals surface area contributed by atoms with Crippen LogP contribution in [0.2, 0.25) is 0 Å². The van der Waals surface area contributed by atoms with Crippen LogP contribution in [0.15, 0.2) is 36.4 Å². The second kappa shape index (κ2) is 10.3. The molecule has 1 heterocycles. The molecule has 3 N–H and O–H groups in total. The molecule has 8 heteroatoms. The largest absolute Gasteiger partial charge is 0.493 e. The van der Waals surface area contributed by atoms with E-state index in [2.05, 4.69) is 16.0 Å². The minimum absolute atomic E-state index is 0.0127. The smallest absolute Gasteiger partial charge is 0.322 e. The van der Waals surface area contributed by atoms with E-state index in [-0.39, 0.29) is 30.7 Å². The molecular formula is C24H32N4O4. The molecule has 0 fully saturated rings. The van der Waals surface area contributed by atoms with Crippen LogP contribution >= 0.6 is 0 Å². The van der Waals surface area contributed by atoms with E-state index in [9.17, 15) is 9.59 Å². The van der Waals surface area contributed by atoms with Gasteiger partial charge in [-0.05, 0) is 68.1 Å². The van der Waals surface area contributed by atoms with Crippen LogP contribution in [0.1, 0.15) is 36.6 Å². The highest BCUT2D eigenvalue weighted by atomic mass is 16.5. The predicted molar refractivity (Wildman–Crippen MR) is 125 cm³/mol. The van der Waals surface area contributed by atoms with Crippen molar-refractivity contribution in [1.29, 1.82) is 0 Å². The average molecular weight is 441 g/mol. The molecule has 172 valence electrons. The number of fused-ring (bicyclic) bond motifs is 1. The summed E-state index contributed by atoms with van der Waals surface area (Å²) in [6, 6.07) is 10.7. The highest BCUT2D eigenvalue weighted by Crippen LogP contribution is 2.38. The van der Waals surface area contributed by atoms with E-state index in [4.69, 9.17) is 9.47 Å². The number of carbonyl (C=O) groups excluding carboxylic acids is 2. The summed E-state index contributed by atoms with van der Waals surface area (Å²) >= 11 is 0. The lowest BCUT2D eigenvalue weighted by Gasteiger charge is -2.38. The Balaban J connectivity index is 1.89. The molecule has 8 nitrogen and oxygen atoms in total. The molecule has 0 aromatic heterocycles. The Bertz CT molecular complexity index is 976. The number of ether oxygens (including phenoxy) is 2. The van der Waals surface area contributed by atoms with Gasteiger partial charge < -0.3 is 30.3 Å². The van der Waals surface area contributed by atoms with Gasteiger partial charge in [-0.15, -0.1) is 0 Å². The van der Waals surface area contributed by atoms with Crippen molar-refractivity contribution in [2.24, 2.45) is 0 Å². The van der Waals surface area contributed by atoms with Gasteiger partial charge in [-0.1, -0.05) is 12.1 Å². The topological polar surface area (TPSA) is 91.9 Å². The first-order chi connectivity index (χ1) is 15.3. The molecule has 32 heavy (non-hydrogen) atoms. The molecule has 0 radical (unpaired) electrons. The Morgan fingerprint density at radius 3 is 2.50 bits per heavy atom. The molecule has 1 aliphatic heterocycles. The fourth-order valence-electron chi connectivity index (χ4n) is 3.91. The van der Waals surface area contributed by atoms with Crippen molar-refractivity contribution in [3.63, 3.8) is 0 Å². The molecule has 2 aromatic carbocycles. The molecule has 1 aliphatic rings. The first kappa shape index (κ1) is 23.2. The number of rotatable bonds is 6. The number of urea groups is 2. The zero-order chi connectivity index (χ0) is 23.3. The van der Waals surface area contributed by atoms with E-state index in [0.29, 0.717) is 24.5 Å². The molecule has 0 aliphatic carbocycles. The third-order valence-corrected chi connectivity index (χ3v) is 5.41. The number of nitrogens with one attached hydrogen (secondary N) is 3. The van der Waals surface area contributed by atoms with Gasteiger partial charge in [0.2, 0.25) is 0 Å². The normalized spacial score (nSPS) is 15.1. The maximum atomic E-state index is 13.2. The number of aryl methyl sites for hydroxylation is 1. The maximum Gasteiger partial charge on any atom is 0.322 e. The summed E-state index contributed by atoms with van der Waals surface area (Å²) < 4.78 is 10.9. The van der Waals surface area contributed by atoms with Gasteiger partial charge in [0.05, 0.1) is 20.3 Å². The first-order valence-corrected chi connectivity index (χ1v) is 10.8. The lowest BCUT2D eigenvalue weighted by Crippen LogP contribution is -2.49. The maximum absolute atomic E-state index is 13.2. The van der Waals surface area contributed by atoms with Crippen molar-refractivity contribution >= 4 is 17.7 Å². The monoisotopic (exact) mass is 440 g/mol. The zero-order valence-electron chi connectivity index (χ0n) is 19.3. The minimum atomic E-state index is -0.360. The standard InChI is InChI=1S/C24H32N4O4/c1-15(2)26-23(29)25-14-20-19-13-22(32-5)21(31-4)12-17(19)9-10-28(20)24(30)27-18-8-6-7-16(3)11-18/h6-8,11-13,15,20H,9-10,14H2,1-5H3,(H,27,30)(H2,25,26,29)/t20-/m0/s1. The minimum Gasteiger partial charge on any atom is -0.493 e. The van der Waals surface area contributed by atoms with Crippen LogP contribution in [0.25, 0.3) is 0 Å². The molecule has 0 bridgehead atoms. The van der Waals surface area contributed by atoms with Crippen LogP contribution in [0.5, 0.6) is 11.5 Å². The van der Waals surface area contributed by atoms with E-state index in [1.54, 1.807) is 19.1 Å². The average Bonchev–Trinajstić information content (AvgIpc) is 2.75. The molecule has 2 aromatic rings. The Labute approximate surface area is 189 Å². The fourth-order valence-corrected chi connectivity index (χ4v) is 3.91. The quantitative estimate of drug-likeness (QED) is 0.636. The third-order valence-electron chi connectivity index (χ3n) is 5.41. The van der Waals surface area contributed by atoms with Crippen molar-refractivity contribution in [2.45, 2.75) is 39.3 Å². The SMILES string of the molecule is COc1cc2c(cc1OC)[C@H](CNC(=O)NC(C)C)N(C(=O)Nc1cccc(C)c1)CC2. The summed E-state index contributed by atoms with van der Waals surface area (Å²) in [4.78, 5) is 27.2. The summed E-state index contributed by atoms with van der Waals surface area (Å²) in [5, 5.41) is 8.72. The van der Waals surface area contributed by atoms with E-state index >= 15 is 0 Å². The van der Waals surface area contributed by atoms with Crippen LogP contribution in [0.4, 0.5) is 15.3 Å². The van der Waals surface area contributed by atoms with Gasteiger partial charge in [0.15, 0.2) is 11.5 Å². The molecule has 4 amide bonds. The van der Waals surface area contributed by atoms with E-state index in [1.807, 2.05) is 57.2 Å². The number of nitrogens with zero attached hydrogens (tertiary/aromatic N) is 1. The van der Waals surface area contributed by atoms with Crippen LogP contribution in [-0.4, -0.2) is 50.3 Å². The molecule has 1 atom stereocenters. The Morgan fingerprint density at radius 1 is 1.12 bits per heavy atom. The summed E-state index contributed by atoms with van der Waals surface area (Å²) in [6.07, 6.45) is 0.672. The van der Waals surface area contributed by atoms with Crippen molar-refractivity contribution in [3.8, 4) is 11.5 Å². The van der Waals surface area contributed by atoms with Gasteiger partial charge in [-0.2, -0.15) is 0 Å². The van der Waals surface area contributed by atoms with E-state index in [0.717, 1.165) is 22.4 Å². The van der Waals surface area contributed by atoms with Gasteiger partial charge in [-0.3, -0.25) is 0 Å². The summed E-state index contributed by atoms with van der Waals surface area (Å²) in [5.41, 5.74) is 3.79. The number of hydrogen-bond donors (Lipinski definition) is 3. The van der Waals surface area contributed by atoms with Crippen molar-refractivity contribution in [3.05, 3.63) is 53.1 Å². The highest BCUT2D eigenvalue weighted by molar-refractivity contribution is 5.90. The van der Waals surface area contributed by atoms with Crippen LogP contribution in [0, 0.1) is 6.92 Å². The van der Waals surface area contributed by atoms with Crippen molar-refractivity contribution < 1.29 is 19.1 Å². The Kier molecular flexibility index (Phi) is 7.45. The Morgan fingerprint density at radius 2 is 1.84 bits per heavy atom. The predicted octanol–water partition coefficient (Wildman–Crippen LogP) is 3.85. The zero-order valence-corrected chi connectivity index (χ0v) is 19.3. The summed E-state index contributed by atoms with van der Waals surface area (Å²) in [5.74, 6) is 1.23. The molecule has 0 unspecified atom stereocenters. The number of hydrogen-bond acceptors (Lipinski definition) is 4. The molecule has 0 saturated heterocycles. The number of benzene rings is 2. The second-order valence-electron chi connectivity index (χ2n) is 8.17. The van der Waals surface area contributed by atoms with Gasteiger partial charge in [0.25, 0.3) is 0 Å². The molecule has 0 saturated carbocycles. The van der Waals surface area contributed by atoms with Crippen LogP contribution in [-0.2, 0) is 6.42 Å². The molecule has 0 spiro atoms. The summed E-state index contributed by atoms with van der Waals surface area (Å²) in [7, 11) is 3.18. The Hall–Kier alpha value is -3.42. The molecular weight excluding hydrogens is 408 g/mol. The molecule has 3 rings (SSSR count). The first-order valence-electron chi connectivity index (χ1n) is 10.8. The van der Waals surface area contributed by atoms with Gasteiger partial charge in [0.1, 0.15) is 0 Å². The second-order valence-corrected chi connectivity index (χ2v) is 8.17. The lowest BCUT2D eigenvalue weighted by atomic mass is 9.92. The highest BCUT2D eigenvalue weighted by Gasteiger charge is 2.32. The van der Waals surface area contributed by atoms with Gasteiger partial charge in [-0.25, -0.2) is 9.59 Å². The number of amides is 4.